The van der Waals surface area contributed by atoms with Gasteiger partial charge >= 0.3 is 0 Å². The van der Waals surface area contributed by atoms with Crippen molar-refractivity contribution < 1.29 is 9.53 Å². The fourth-order valence-corrected chi connectivity index (χ4v) is 5.29. The van der Waals surface area contributed by atoms with Crippen LogP contribution in [0.2, 0.25) is 5.02 Å². The van der Waals surface area contributed by atoms with E-state index in [9.17, 15) is 4.79 Å². The van der Waals surface area contributed by atoms with E-state index in [1.165, 1.54) is 7.11 Å². The lowest BCUT2D eigenvalue weighted by Crippen LogP contribution is -2.30. The number of methoxy groups -OCH3 is 1. The molecule has 3 heterocycles. The quantitative estimate of drug-likeness (QED) is 0.303. The lowest BCUT2D eigenvalue weighted by atomic mass is 10.0. The van der Waals surface area contributed by atoms with Gasteiger partial charge in [-0.15, -0.1) is 0 Å². The van der Waals surface area contributed by atoms with Gasteiger partial charge in [0, 0.05) is 36.1 Å². The van der Waals surface area contributed by atoms with Gasteiger partial charge in [-0.2, -0.15) is 0 Å². The Bertz CT molecular complexity index is 1430. The van der Waals surface area contributed by atoms with Gasteiger partial charge in [-0.25, -0.2) is 0 Å². The Labute approximate surface area is 226 Å². The highest BCUT2D eigenvalue weighted by Gasteiger charge is 2.42. The molecule has 0 radical (unpaired) electrons. The largest absolute Gasteiger partial charge is 0.375 e. The van der Waals surface area contributed by atoms with Crippen molar-refractivity contribution in [1.82, 2.24) is 14.9 Å². The smallest absolute Gasteiger partial charge is 0.250 e. The van der Waals surface area contributed by atoms with Crippen LogP contribution < -0.4 is 15.5 Å². The number of hydrogen-bond acceptors (Lipinski definition) is 4. The maximum atomic E-state index is 12.0. The number of rotatable bonds is 7. The third kappa shape index (κ3) is 4.96. The second-order valence-electron chi connectivity index (χ2n) is 8.71. The zero-order valence-corrected chi connectivity index (χ0v) is 22.0. The van der Waals surface area contributed by atoms with Crippen molar-refractivity contribution in [2.24, 2.45) is 0 Å². The van der Waals surface area contributed by atoms with E-state index in [1.54, 1.807) is 12.3 Å². The number of benzene rings is 2. The van der Waals surface area contributed by atoms with Crippen molar-refractivity contribution in [3.63, 3.8) is 0 Å². The molecule has 0 unspecified atom stereocenters. The molecular formula is C28H26ClN5O2S. The summed E-state index contributed by atoms with van der Waals surface area (Å²) in [4.78, 5) is 18.7. The number of para-hydroxylation sites is 1. The molecule has 4 aromatic rings. The molecule has 5 rings (SSSR count). The molecular weight excluding hydrogens is 506 g/mol. The third-order valence-electron chi connectivity index (χ3n) is 6.30. The van der Waals surface area contributed by atoms with Crippen molar-refractivity contribution in [1.29, 1.82) is 0 Å². The highest BCUT2D eigenvalue weighted by molar-refractivity contribution is 7.80. The number of carbonyl (C=O) groups excluding carboxylic acids is 1. The Morgan fingerprint density at radius 3 is 2.57 bits per heavy atom. The minimum atomic E-state index is -0.278. The summed E-state index contributed by atoms with van der Waals surface area (Å²) in [6.07, 6.45) is 1.79. The van der Waals surface area contributed by atoms with Crippen molar-refractivity contribution in [2.45, 2.75) is 19.0 Å². The minimum absolute atomic E-state index is 0.0537. The second-order valence-corrected chi connectivity index (χ2v) is 9.51. The molecule has 7 nitrogen and oxygen atoms in total. The van der Waals surface area contributed by atoms with Crippen LogP contribution in [0.1, 0.15) is 29.2 Å². The van der Waals surface area contributed by atoms with Gasteiger partial charge in [-0.1, -0.05) is 35.9 Å². The fourth-order valence-electron chi connectivity index (χ4n) is 4.73. The lowest BCUT2D eigenvalue weighted by molar-refractivity contribution is -0.119. The van der Waals surface area contributed by atoms with E-state index in [-0.39, 0.29) is 24.6 Å². The van der Waals surface area contributed by atoms with Crippen LogP contribution in [0, 0.1) is 6.92 Å². The van der Waals surface area contributed by atoms with Crippen LogP contribution in [0.25, 0.3) is 5.69 Å². The normalized spacial score (nSPS) is 17.1. The Morgan fingerprint density at radius 1 is 1.08 bits per heavy atom. The summed E-state index contributed by atoms with van der Waals surface area (Å²) in [7, 11) is 1.47. The van der Waals surface area contributed by atoms with Crippen molar-refractivity contribution in [3.05, 3.63) is 107 Å². The van der Waals surface area contributed by atoms with Crippen molar-refractivity contribution in [2.75, 3.05) is 23.9 Å². The van der Waals surface area contributed by atoms with Gasteiger partial charge in [0.15, 0.2) is 5.11 Å². The van der Waals surface area contributed by atoms with E-state index in [0.29, 0.717) is 15.8 Å². The number of aryl methyl sites for hydroxylation is 1. The maximum Gasteiger partial charge on any atom is 0.250 e. The number of ether oxygens (including phenoxy) is 1. The Balaban J connectivity index is 1.61. The summed E-state index contributed by atoms with van der Waals surface area (Å²) in [5.41, 5.74) is 5.41. The molecule has 0 aliphatic carbocycles. The average Bonchev–Trinajstić information content (AvgIpc) is 3.45. The van der Waals surface area contributed by atoms with Gasteiger partial charge in [0.1, 0.15) is 12.6 Å². The third-order valence-corrected chi connectivity index (χ3v) is 6.93. The molecule has 2 aromatic heterocycles. The predicted octanol–water partition coefficient (Wildman–Crippen LogP) is 5.60. The molecule has 1 saturated heterocycles. The van der Waals surface area contributed by atoms with E-state index in [0.717, 1.165) is 28.5 Å². The van der Waals surface area contributed by atoms with E-state index >= 15 is 0 Å². The molecule has 188 valence electrons. The van der Waals surface area contributed by atoms with E-state index in [2.05, 4.69) is 56.3 Å². The first-order valence-electron chi connectivity index (χ1n) is 11.8. The van der Waals surface area contributed by atoms with Crippen LogP contribution in [-0.4, -0.2) is 34.3 Å². The van der Waals surface area contributed by atoms with Crippen LogP contribution in [0.3, 0.4) is 0 Å². The van der Waals surface area contributed by atoms with Crippen LogP contribution in [0.5, 0.6) is 0 Å². The Hall–Kier alpha value is -3.72. The van der Waals surface area contributed by atoms with Crippen LogP contribution in [-0.2, 0) is 9.53 Å². The molecule has 2 aromatic carbocycles. The molecule has 0 spiro atoms. The minimum Gasteiger partial charge on any atom is -0.375 e. The maximum absolute atomic E-state index is 12.0. The molecule has 2 N–H and O–H groups in total. The standard InChI is InChI=1S/C28H26ClN5O2S/c1-18-11-14-24(33(18)19-8-4-3-5-9-19)27-26(23-10-6-7-15-30-23)32-28(37)34(27)20-12-13-22(21(29)16-20)31-25(35)17-36-2/h3-16,26-27H,17H2,1-2H3,(H,31,35)(H,32,37)/t26-,27-/m0/s1. The zero-order valence-electron chi connectivity index (χ0n) is 20.4. The van der Waals surface area contributed by atoms with Crippen LogP contribution in [0.15, 0.2) is 85.1 Å². The number of pyridine rings is 1. The fraction of sp³-hybridized carbons (Fsp3) is 0.179. The summed E-state index contributed by atoms with van der Waals surface area (Å²) in [5.74, 6) is -0.278. The number of carbonyl (C=O) groups is 1. The molecule has 1 amide bonds. The van der Waals surface area contributed by atoms with E-state index in [4.69, 9.17) is 28.6 Å². The van der Waals surface area contributed by atoms with Gasteiger partial charge in [0.25, 0.3) is 0 Å². The number of thiocarbonyl (C=S) groups is 1. The molecule has 1 aliphatic heterocycles. The summed E-state index contributed by atoms with van der Waals surface area (Å²) >= 11 is 12.5. The van der Waals surface area contributed by atoms with Crippen molar-refractivity contribution in [3.8, 4) is 5.69 Å². The monoisotopic (exact) mass is 531 g/mol. The SMILES string of the molecule is COCC(=O)Nc1ccc(N2C(=S)N[C@@H](c3ccccn3)[C@@H]2c2ccc(C)n2-c2ccccc2)cc1Cl. The van der Waals surface area contributed by atoms with Gasteiger partial charge in [0.05, 0.1) is 22.4 Å². The molecule has 1 fully saturated rings. The van der Waals surface area contributed by atoms with E-state index in [1.807, 2.05) is 48.5 Å². The number of anilines is 2. The molecule has 1 aliphatic rings. The van der Waals surface area contributed by atoms with Gasteiger partial charge in [0.2, 0.25) is 5.91 Å². The number of halogens is 1. The average molecular weight is 532 g/mol. The number of nitrogens with one attached hydrogen (secondary N) is 2. The first kappa shape index (κ1) is 25.0. The summed E-state index contributed by atoms with van der Waals surface area (Å²) in [6.45, 7) is 2.04. The number of nitrogens with zero attached hydrogens (tertiary/aromatic N) is 3. The molecule has 9 heteroatoms. The van der Waals surface area contributed by atoms with Crippen LogP contribution >= 0.6 is 23.8 Å². The Morgan fingerprint density at radius 2 is 1.86 bits per heavy atom. The topological polar surface area (TPSA) is 71.4 Å². The molecule has 0 saturated carbocycles. The van der Waals surface area contributed by atoms with Gasteiger partial charge in [-0.05, 0) is 73.7 Å². The first-order valence-corrected chi connectivity index (χ1v) is 12.6. The molecule has 37 heavy (non-hydrogen) atoms. The Kier molecular flexibility index (Phi) is 7.23. The van der Waals surface area contributed by atoms with Crippen molar-refractivity contribution >= 4 is 46.2 Å². The van der Waals surface area contributed by atoms with Gasteiger partial charge < -0.3 is 24.8 Å². The number of amides is 1. The highest BCUT2D eigenvalue weighted by Crippen LogP contribution is 2.43. The first-order chi connectivity index (χ1) is 18.0. The summed E-state index contributed by atoms with van der Waals surface area (Å²) in [5, 5.41) is 7.23. The van der Waals surface area contributed by atoms with Gasteiger partial charge in [-0.3, -0.25) is 9.78 Å². The van der Waals surface area contributed by atoms with E-state index < -0.39 is 0 Å². The number of hydrogen-bond donors (Lipinski definition) is 2. The second kappa shape index (κ2) is 10.7. The lowest BCUT2D eigenvalue weighted by Gasteiger charge is -2.29. The highest BCUT2D eigenvalue weighted by atomic mass is 35.5. The predicted molar refractivity (Wildman–Crippen MR) is 150 cm³/mol. The zero-order chi connectivity index (χ0) is 25.9. The summed E-state index contributed by atoms with van der Waals surface area (Å²) in [6, 6.07) is 25.4. The summed E-state index contributed by atoms with van der Waals surface area (Å²) < 4.78 is 7.14. The van der Waals surface area contributed by atoms with Crippen LogP contribution in [0.4, 0.5) is 11.4 Å². The molecule has 2 atom stereocenters. The molecule has 0 bridgehead atoms. The number of aromatic nitrogens is 2.